The predicted molar refractivity (Wildman–Crippen MR) is 21.5 cm³/mol. The molecule has 0 aromatic carbocycles. The van der Waals surface area contributed by atoms with E-state index in [1.807, 2.05) is 0 Å². The van der Waals surface area contributed by atoms with Crippen LogP contribution in [0.15, 0.2) is 0 Å². The number of carboxylic acids is 1. The Morgan fingerprint density at radius 1 is 1.71 bits per heavy atom. The average molecular weight is 198 g/mol. The number of carboxylic acid groups (broad SMARTS) is 1. The van der Waals surface area contributed by atoms with Crippen molar-refractivity contribution >= 4 is 40.6 Å². The average Bonchev–Trinajstić information content (AvgIpc) is 1.38. The summed E-state index contributed by atoms with van der Waals surface area (Å²) >= 11 is 4.67. The third kappa shape index (κ3) is 19.4. The van der Waals surface area contributed by atoms with Gasteiger partial charge in [-0.25, -0.2) is 0 Å². The summed E-state index contributed by atoms with van der Waals surface area (Å²) in [7, 11) is 0. The fourth-order valence-corrected chi connectivity index (χ4v) is 0. The van der Waals surface area contributed by atoms with Crippen LogP contribution in [0.3, 0.4) is 0 Å². The van der Waals surface area contributed by atoms with Gasteiger partial charge in [-0.3, -0.25) is 0 Å². The predicted octanol–water partition coefficient (Wildman–Crippen LogP) is -4.40. The van der Waals surface area contributed by atoms with Crippen LogP contribution in [0.2, 0.25) is 0 Å². The number of alkyl halides is 1. The SMILES string of the molecule is O=C([O-])CCl.[Br-].[Mg+2]. The Hall–Kier alpha value is 1.01. The molecule has 0 aliphatic carbocycles. The number of halogens is 2. The fraction of sp³-hybridized carbons (Fsp3) is 0.500. The molecule has 7 heavy (non-hydrogen) atoms. The van der Waals surface area contributed by atoms with Crippen LogP contribution >= 0.6 is 11.6 Å². The third-order valence-electron chi connectivity index (χ3n) is 0.109. The van der Waals surface area contributed by atoms with Gasteiger partial charge in [0.2, 0.25) is 0 Å². The molecule has 0 aromatic heterocycles. The molecule has 0 rings (SSSR count). The quantitative estimate of drug-likeness (QED) is 0.315. The molecule has 0 spiro atoms. The fourth-order valence-electron chi connectivity index (χ4n) is 0. The first-order chi connectivity index (χ1) is 2.27. The smallest absolute Gasteiger partial charge is 1.00 e. The summed E-state index contributed by atoms with van der Waals surface area (Å²) in [6.07, 6.45) is 0. The monoisotopic (exact) mass is 196 g/mol. The second kappa shape index (κ2) is 10.1. The number of aliphatic carboxylic acids is 1. The molecule has 0 saturated carbocycles. The van der Waals surface area contributed by atoms with Crippen molar-refractivity contribution in [1.82, 2.24) is 0 Å². The molecule has 0 aliphatic rings. The summed E-state index contributed by atoms with van der Waals surface area (Å²) in [6, 6.07) is 0. The summed E-state index contributed by atoms with van der Waals surface area (Å²) in [5.41, 5.74) is 0. The van der Waals surface area contributed by atoms with Crippen LogP contribution in [-0.4, -0.2) is 34.9 Å². The van der Waals surface area contributed by atoms with Crippen molar-refractivity contribution in [2.24, 2.45) is 0 Å². The number of hydrogen-bond acceptors (Lipinski definition) is 2. The molecule has 2 nitrogen and oxygen atoms in total. The topological polar surface area (TPSA) is 40.1 Å². The van der Waals surface area contributed by atoms with E-state index in [-0.39, 0.29) is 40.0 Å². The molecule has 0 N–H and O–H groups in total. The maximum absolute atomic E-state index is 9.12. The summed E-state index contributed by atoms with van der Waals surface area (Å²) in [6.45, 7) is 0. The first kappa shape index (κ1) is 15.7. The van der Waals surface area contributed by atoms with Gasteiger partial charge in [-0.2, -0.15) is 0 Å². The van der Waals surface area contributed by atoms with Gasteiger partial charge in [0.15, 0.2) is 0 Å². The minimum Gasteiger partial charge on any atom is -1.00 e. The van der Waals surface area contributed by atoms with Gasteiger partial charge >= 0.3 is 23.1 Å². The number of carbonyl (C=O) groups is 1. The van der Waals surface area contributed by atoms with Crippen LogP contribution in [-0.2, 0) is 4.79 Å². The molecule has 0 unspecified atom stereocenters. The van der Waals surface area contributed by atoms with E-state index in [9.17, 15) is 0 Å². The molecule has 0 radical (unpaired) electrons. The van der Waals surface area contributed by atoms with Gasteiger partial charge < -0.3 is 26.9 Å². The Labute approximate surface area is 73.1 Å². The van der Waals surface area contributed by atoms with Crippen molar-refractivity contribution in [3.8, 4) is 0 Å². The van der Waals surface area contributed by atoms with E-state index in [1.54, 1.807) is 0 Å². The van der Waals surface area contributed by atoms with E-state index in [0.29, 0.717) is 0 Å². The molecule has 0 fully saturated rings. The van der Waals surface area contributed by atoms with E-state index >= 15 is 0 Å². The van der Waals surface area contributed by atoms with E-state index < -0.39 is 11.8 Å². The number of carbonyl (C=O) groups excluding carboxylic acids is 1. The Balaban J connectivity index is -0.0000000800. The van der Waals surface area contributed by atoms with Gasteiger partial charge in [0, 0.05) is 0 Å². The van der Waals surface area contributed by atoms with Gasteiger partial charge in [-0.05, 0) is 0 Å². The Morgan fingerprint density at radius 2 is 1.86 bits per heavy atom. The minimum absolute atomic E-state index is 0. The standard InChI is InChI=1S/C2H3ClO2.BrH.Mg/c3-1-2(4)5;;/h1H2,(H,4,5);1H;/q;;+2/p-2. The Kier molecular flexibility index (Phi) is 22.6. The van der Waals surface area contributed by atoms with Crippen LogP contribution in [0.5, 0.6) is 0 Å². The zero-order valence-corrected chi connectivity index (χ0v) is 7.24. The zero-order chi connectivity index (χ0) is 4.28. The maximum atomic E-state index is 9.12. The molecular formula is C2H2BrClMgO2. The molecule has 0 heterocycles. The van der Waals surface area contributed by atoms with Crippen LogP contribution < -0.4 is 22.1 Å². The van der Waals surface area contributed by atoms with Gasteiger partial charge in [-0.1, -0.05) is 0 Å². The first-order valence-corrected chi connectivity index (χ1v) is 1.56. The normalized spacial score (nSPS) is 5.29. The molecular weight excluding hydrogens is 196 g/mol. The van der Waals surface area contributed by atoms with E-state index in [2.05, 4.69) is 11.6 Å². The maximum Gasteiger partial charge on any atom is 2.00 e. The second-order valence-corrected chi connectivity index (χ2v) is 0.773. The Morgan fingerprint density at radius 3 is 1.86 bits per heavy atom. The largest absolute Gasteiger partial charge is 2.00 e. The van der Waals surface area contributed by atoms with Crippen molar-refractivity contribution in [3.05, 3.63) is 0 Å². The molecule has 0 atom stereocenters. The molecule has 0 amide bonds. The molecule has 0 aliphatic heterocycles. The Bertz CT molecular complexity index is 51.0. The molecule has 0 saturated heterocycles. The van der Waals surface area contributed by atoms with Crippen molar-refractivity contribution in [2.45, 2.75) is 0 Å². The van der Waals surface area contributed by atoms with E-state index in [0.717, 1.165) is 0 Å². The van der Waals surface area contributed by atoms with Crippen molar-refractivity contribution in [1.29, 1.82) is 0 Å². The third-order valence-corrected chi connectivity index (χ3v) is 0.327. The molecule has 38 valence electrons. The molecule has 0 aromatic rings. The van der Waals surface area contributed by atoms with E-state index in [4.69, 9.17) is 9.90 Å². The summed E-state index contributed by atoms with van der Waals surface area (Å²) < 4.78 is 0. The molecule has 0 bridgehead atoms. The van der Waals surface area contributed by atoms with E-state index in [1.165, 1.54) is 0 Å². The summed E-state index contributed by atoms with van der Waals surface area (Å²) in [4.78, 5) is 9.12. The zero-order valence-electron chi connectivity index (χ0n) is 3.49. The molecule has 5 heteroatoms. The van der Waals surface area contributed by atoms with Gasteiger partial charge in [0.05, 0.1) is 11.8 Å². The first-order valence-electron chi connectivity index (χ1n) is 1.03. The van der Waals surface area contributed by atoms with Crippen molar-refractivity contribution < 1.29 is 26.9 Å². The summed E-state index contributed by atoms with van der Waals surface area (Å²) in [5, 5.41) is 9.12. The van der Waals surface area contributed by atoms with Crippen molar-refractivity contribution in [3.63, 3.8) is 0 Å². The number of hydrogen-bond donors (Lipinski definition) is 0. The van der Waals surface area contributed by atoms with Crippen LogP contribution in [0.25, 0.3) is 0 Å². The van der Waals surface area contributed by atoms with Gasteiger partial charge in [0.1, 0.15) is 0 Å². The van der Waals surface area contributed by atoms with Gasteiger partial charge in [-0.15, -0.1) is 11.6 Å². The van der Waals surface area contributed by atoms with Crippen molar-refractivity contribution in [2.75, 3.05) is 5.88 Å². The minimum atomic E-state index is -1.23. The van der Waals surface area contributed by atoms with Gasteiger partial charge in [0.25, 0.3) is 0 Å². The van der Waals surface area contributed by atoms with Crippen LogP contribution in [0.1, 0.15) is 0 Å². The number of rotatable bonds is 1. The van der Waals surface area contributed by atoms with Crippen LogP contribution in [0.4, 0.5) is 0 Å². The summed E-state index contributed by atoms with van der Waals surface area (Å²) in [5.74, 6) is -1.65. The second-order valence-electron chi connectivity index (χ2n) is 0.506. The van der Waals surface area contributed by atoms with Crippen LogP contribution in [0, 0.1) is 0 Å².